The van der Waals surface area contributed by atoms with Crippen molar-refractivity contribution < 1.29 is 37.7 Å². The monoisotopic (exact) mass is 216 g/mol. The third-order valence-electron chi connectivity index (χ3n) is 2.75. The molecule has 0 amide bonds. The summed E-state index contributed by atoms with van der Waals surface area (Å²) < 4.78 is 30.4. The molecular weight excluding hydrogens is 197 g/mol. The molecule has 1 N–H and O–H groups in total. The molecule has 14 heavy (non-hydrogen) atoms. The van der Waals surface area contributed by atoms with E-state index in [0.29, 0.717) is 6.42 Å². The number of hydrogen-bond donors (Lipinski definition) is 1. The second kappa shape index (κ2) is 5.52. The minimum Gasteiger partial charge on any atom is -1.00 e. The molecule has 80 valence electrons. The third kappa shape index (κ3) is 5.37. The molecule has 0 aromatic carbocycles. The Morgan fingerprint density at radius 2 is 1.86 bits per heavy atom. The summed E-state index contributed by atoms with van der Waals surface area (Å²) in [5, 5.41) is 0. The van der Waals surface area contributed by atoms with Gasteiger partial charge in [0.2, 0.25) is 0 Å². The van der Waals surface area contributed by atoms with Gasteiger partial charge in [0.15, 0.2) is 0 Å². The predicted molar refractivity (Wildman–Crippen MR) is 52.2 cm³/mol. The van der Waals surface area contributed by atoms with E-state index < -0.39 is 10.1 Å². The Kier molecular flexibility index (Phi) is 5.71. The van der Waals surface area contributed by atoms with Gasteiger partial charge in [0, 0.05) is 19.3 Å². The van der Waals surface area contributed by atoms with Crippen molar-refractivity contribution in [2.75, 3.05) is 32.4 Å². The van der Waals surface area contributed by atoms with Crippen LogP contribution >= 0.6 is 0 Å². The van der Waals surface area contributed by atoms with Crippen LogP contribution < -0.4 is 18.9 Å². The normalized spacial score (nSPS) is 20.4. The largest absolute Gasteiger partial charge is 1.00 e. The SMILES string of the molecule is C[N+]1(CCCS(=O)(=O)O)CCCC1.[H-].[Li+]. The molecule has 1 rings (SSSR count). The maximum Gasteiger partial charge on any atom is 1.00 e. The molecule has 0 saturated carbocycles. The fourth-order valence-electron chi connectivity index (χ4n) is 1.95. The Balaban J connectivity index is 0. The van der Waals surface area contributed by atoms with Crippen LogP contribution in [0.3, 0.4) is 0 Å². The van der Waals surface area contributed by atoms with Crippen molar-refractivity contribution in [2.45, 2.75) is 19.3 Å². The van der Waals surface area contributed by atoms with Gasteiger partial charge >= 0.3 is 18.9 Å². The quantitative estimate of drug-likeness (QED) is 0.324. The van der Waals surface area contributed by atoms with E-state index in [1.54, 1.807) is 0 Å². The summed E-state index contributed by atoms with van der Waals surface area (Å²) in [6, 6.07) is 0. The summed E-state index contributed by atoms with van der Waals surface area (Å²) in [4.78, 5) is 0. The Morgan fingerprint density at radius 3 is 2.29 bits per heavy atom. The van der Waals surface area contributed by atoms with Crippen LogP contribution in [0.4, 0.5) is 0 Å². The molecule has 1 fully saturated rings. The predicted octanol–water partition coefficient (Wildman–Crippen LogP) is -2.38. The van der Waals surface area contributed by atoms with Crippen LogP contribution in [-0.2, 0) is 10.1 Å². The molecule has 0 aromatic rings. The Hall–Kier alpha value is 0.467. The Bertz CT molecular complexity index is 265. The zero-order valence-electron chi connectivity index (χ0n) is 10.1. The first-order valence-corrected chi connectivity index (χ1v) is 6.31. The van der Waals surface area contributed by atoms with Gasteiger partial charge in [-0.3, -0.25) is 4.55 Å². The van der Waals surface area contributed by atoms with Crippen molar-refractivity contribution in [2.24, 2.45) is 0 Å². The summed E-state index contributed by atoms with van der Waals surface area (Å²) in [5.41, 5.74) is 0. The topological polar surface area (TPSA) is 54.4 Å². The minimum absolute atomic E-state index is 0. The Labute approximate surface area is 99.7 Å². The van der Waals surface area contributed by atoms with Gasteiger partial charge < -0.3 is 5.91 Å². The molecular formula is C8H19LiNO3S+. The van der Waals surface area contributed by atoms with E-state index in [0.717, 1.165) is 24.1 Å². The maximum absolute atomic E-state index is 10.5. The standard InChI is InChI=1S/C8H17NO3S.Li.H/c1-9(5-2-3-6-9)7-4-8-13(10,11)12;;/h2-8H2,1H3;;/q;+1;-1/p+1. The van der Waals surface area contributed by atoms with Gasteiger partial charge in [-0.1, -0.05) is 0 Å². The summed E-state index contributed by atoms with van der Waals surface area (Å²) >= 11 is 0. The van der Waals surface area contributed by atoms with Gasteiger partial charge in [-0.25, -0.2) is 0 Å². The van der Waals surface area contributed by atoms with Crippen molar-refractivity contribution in [1.82, 2.24) is 0 Å². The van der Waals surface area contributed by atoms with Crippen LogP contribution in [0, 0.1) is 0 Å². The van der Waals surface area contributed by atoms with Gasteiger partial charge in [0.05, 0.1) is 32.4 Å². The average Bonchev–Trinajstić information content (AvgIpc) is 2.33. The fraction of sp³-hybridized carbons (Fsp3) is 1.00. The third-order valence-corrected chi connectivity index (χ3v) is 3.55. The van der Waals surface area contributed by atoms with Crippen LogP contribution in [0.15, 0.2) is 0 Å². The molecule has 1 aliphatic rings. The fourth-order valence-corrected chi connectivity index (χ4v) is 2.45. The van der Waals surface area contributed by atoms with Crippen LogP contribution in [0.5, 0.6) is 0 Å². The zero-order chi connectivity index (χ0) is 9.95. The van der Waals surface area contributed by atoms with E-state index in [-0.39, 0.29) is 26.0 Å². The molecule has 0 aliphatic carbocycles. The molecule has 0 bridgehead atoms. The molecule has 1 saturated heterocycles. The van der Waals surface area contributed by atoms with Crippen molar-refractivity contribution in [1.29, 1.82) is 0 Å². The molecule has 0 radical (unpaired) electrons. The van der Waals surface area contributed by atoms with Crippen molar-refractivity contribution in [3.8, 4) is 0 Å². The second-order valence-electron chi connectivity index (χ2n) is 4.14. The molecule has 1 aliphatic heterocycles. The minimum atomic E-state index is -3.75. The number of quaternary nitrogens is 1. The van der Waals surface area contributed by atoms with Gasteiger partial charge in [0.1, 0.15) is 0 Å². The molecule has 0 unspecified atom stereocenters. The van der Waals surface area contributed by atoms with Gasteiger partial charge in [-0.15, -0.1) is 0 Å². The van der Waals surface area contributed by atoms with E-state index in [1.165, 1.54) is 12.8 Å². The van der Waals surface area contributed by atoms with Gasteiger partial charge in [-0.05, 0) is 0 Å². The van der Waals surface area contributed by atoms with Crippen LogP contribution in [0.25, 0.3) is 0 Å². The molecule has 0 spiro atoms. The van der Waals surface area contributed by atoms with E-state index in [4.69, 9.17) is 4.55 Å². The molecule has 0 aromatic heterocycles. The van der Waals surface area contributed by atoms with Crippen LogP contribution in [0.1, 0.15) is 20.7 Å². The van der Waals surface area contributed by atoms with E-state index in [1.807, 2.05) is 0 Å². The summed E-state index contributed by atoms with van der Waals surface area (Å²) in [7, 11) is -1.60. The first kappa shape index (κ1) is 14.5. The number of hydrogen-bond acceptors (Lipinski definition) is 2. The van der Waals surface area contributed by atoms with E-state index in [2.05, 4.69) is 7.05 Å². The van der Waals surface area contributed by atoms with Crippen LogP contribution in [-0.4, -0.2) is 49.9 Å². The number of nitrogens with zero attached hydrogens (tertiary/aromatic N) is 1. The number of rotatable bonds is 4. The first-order valence-electron chi connectivity index (χ1n) is 4.70. The average molecular weight is 216 g/mol. The van der Waals surface area contributed by atoms with Crippen molar-refractivity contribution >= 4 is 10.1 Å². The van der Waals surface area contributed by atoms with Gasteiger partial charge in [0.25, 0.3) is 10.1 Å². The van der Waals surface area contributed by atoms with Gasteiger partial charge in [-0.2, -0.15) is 8.42 Å². The van der Waals surface area contributed by atoms with Crippen LogP contribution in [0.2, 0.25) is 0 Å². The van der Waals surface area contributed by atoms with E-state index in [9.17, 15) is 8.42 Å². The zero-order valence-corrected chi connectivity index (χ0v) is 9.89. The maximum atomic E-state index is 10.5. The summed E-state index contributed by atoms with van der Waals surface area (Å²) in [6.07, 6.45) is 3.04. The van der Waals surface area contributed by atoms with E-state index >= 15 is 0 Å². The second-order valence-corrected chi connectivity index (χ2v) is 5.71. The molecule has 6 heteroatoms. The molecule has 0 atom stereocenters. The Morgan fingerprint density at radius 1 is 1.36 bits per heavy atom. The van der Waals surface area contributed by atoms with Crippen molar-refractivity contribution in [3.63, 3.8) is 0 Å². The summed E-state index contributed by atoms with van der Waals surface area (Å²) in [6.45, 7) is 3.15. The molecule has 1 heterocycles. The first-order chi connectivity index (χ1) is 5.91. The number of likely N-dealkylation sites (tertiary alicyclic amines) is 1. The van der Waals surface area contributed by atoms with Crippen molar-refractivity contribution in [3.05, 3.63) is 0 Å². The smallest absolute Gasteiger partial charge is 1.00 e. The summed E-state index contributed by atoms with van der Waals surface area (Å²) in [5.74, 6) is -0.0964. The molecule has 4 nitrogen and oxygen atoms in total.